The minimum Gasteiger partial charge on any atom is -0.480 e. The zero-order valence-corrected chi connectivity index (χ0v) is 23.0. The molecule has 0 aliphatic heterocycles. The van der Waals surface area contributed by atoms with Crippen LogP contribution in [0.5, 0.6) is 0 Å². The first-order valence-corrected chi connectivity index (χ1v) is 13.7. The maximum Gasteiger partial charge on any atom is 0.321 e. The summed E-state index contributed by atoms with van der Waals surface area (Å²) in [7, 11) is 0. The lowest BCUT2D eigenvalue weighted by Gasteiger charge is -2.47. The van der Waals surface area contributed by atoms with Crippen LogP contribution in [-0.4, -0.2) is 44.3 Å². The first-order valence-electron chi connectivity index (χ1n) is 13.7. The molecular weight excluding hydrogens is 464 g/mol. The lowest BCUT2D eigenvalue weighted by molar-refractivity contribution is -0.192. The van der Waals surface area contributed by atoms with Crippen molar-refractivity contribution in [2.45, 2.75) is 106 Å². The number of unbranched alkanes of at least 4 members (excludes halogenated alkanes) is 5. The number of carboxylic acids is 4. The Bertz CT molecular complexity index is 744. The van der Waals surface area contributed by atoms with E-state index >= 15 is 0 Å². The van der Waals surface area contributed by atoms with Gasteiger partial charge in [0.25, 0.3) is 0 Å². The van der Waals surface area contributed by atoms with Crippen molar-refractivity contribution in [2.75, 3.05) is 0 Å². The standard InChI is InChI=1S/C28H48O8/c1-7-9-11-13-15-20-16-19(14-12-10-8-2)21(27(17(3)4,23(29)30)24(31)32)22(20)28(18(5)6,25(33)34)26(35)36/h17-22H,7-16H2,1-6H3,(H,29,30)(H,31,32)(H,33,34)(H,35,36). The van der Waals surface area contributed by atoms with Crippen LogP contribution in [-0.2, 0) is 19.2 Å². The molecule has 0 heterocycles. The zero-order chi connectivity index (χ0) is 27.8. The number of aliphatic carboxylic acids is 4. The van der Waals surface area contributed by atoms with E-state index in [4.69, 9.17) is 0 Å². The second-order valence-corrected chi connectivity index (χ2v) is 11.4. The van der Waals surface area contributed by atoms with Crippen LogP contribution in [0, 0.1) is 46.3 Å². The fourth-order valence-electron chi connectivity index (χ4n) is 7.17. The molecule has 8 heteroatoms. The van der Waals surface area contributed by atoms with Gasteiger partial charge in [0, 0.05) is 0 Å². The Morgan fingerprint density at radius 3 is 1.19 bits per heavy atom. The maximum atomic E-state index is 12.9. The predicted molar refractivity (Wildman–Crippen MR) is 137 cm³/mol. The van der Waals surface area contributed by atoms with Crippen LogP contribution in [0.1, 0.15) is 106 Å². The Labute approximate surface area is 215 Å². The molecule has 36 heavy (non-hydrogen) atoms. The summed E-state index contributed by atoms with van der Waals surface area (Å²) in [5, 5.41) is 41.9. The minimum atomic E-state index is -2.29. The van der Waals surface area contributed by atoms with Crippen LogP contribution in [0.2, 0.25) is 0 Å². The Balaban J connectivity index is 3.97. The molecular formula is C28H48O8. The summed E-state index contributed by atoms with van der Waals surface area (Å²) in [6.07, 6.45) is 7.82. The molecule has 1 aliphatic carbocycles. The van der Waals surface area contributed by atoms with Crippen LogP contribution >= 0.6 is 0 Å². The van der Waals surface area contributed by atoms with E-state index in [1.165, 1.54) is 27.7 Å². The van der Waals surface area contributed by atoms with Crippen LogP contribution in [0.25, 0.3) is 0 Å². The van der Waals surface area contributed by atoms with Gasteiger partial charge in [-0.15, -0.1) is 0 Å². The van der Waals surface area contributed by atoms with Gasteiger partial charge in [0.1, 0.15) is 0 Å². The number of hydrogen-bond donors (Lipinski definition) is 4. The lowest BCUT2D eigenvalue weighted by atomic mass is 9.52. The predicted octanol–water partition coefficient (Wildman–Crippen LogP) is 6.03. The van der Waals surface area contributed by atoms with Crippen molar-refractivity contribution in [2.24, 2.45) is 46.3 Å². The molecule has 0 saturated heterocycles. The maximum absolute atomic E-state index is 12.9. The third kappa shape index (κ3) is 5.72. The molecule has 4 N–H and O–H groups in total. The van der Waals surface area contributed by atoms with Crippen molar-refractivity contribution in [1.82, 2.24) is 0 Å². The van der Waals surface area contributed by atoms with Gasteiger partial charge in [-0.25, -0.2) is 0 Å². The molecule has 0 radical (unpaired) electrons. The van der Waals surface area contributed by atoms with Crippen molar-refractivity contribution in [1.29, 1.82) is 0 Å². The molecule has 8 nitrogen and oxygen atoms in total. The molecule has 0 aromatic carbocycles. The molecule has 1 aliphatic rings. The molecule has 0 bridgehead atoms. The second kappa shape index (κ2) is 13.4. The largest absolute Gasteiger partial charge is 0.480 e. The topological polar surface area (TPSA) is 149 Å². The number of carbonyl (C=O) groups is 4. The number of carboxylic acid groups (broad SMARTS) is 4. The van der Waals surface area contributed by atoms with E-state index in [0.717, 1.165) is 44.9 Å². The quantitative estimate of drug-likeness (QED) is 0.136. The highest BCUT2D eigenvalue weighted by Crippen LogP contribution is 2.62. The van der Waals surface area contributed by atoms with Crippen LogP contribution < -0.4 is 0 Å². The summed E-state index contributed by atoms with van der Waals surface area (Å²) >= 11 is 0. The van der Waals surface area contributed by atoms with Crippen molar-refractivity contribution < 1.29 is 39.6 Å². The molecule has 1 fully saturated rings. The Morgan fingerprint density at radius 1 is 0.611 bits per heavy atom. The number of hydrogen-bond acceptors (Lipinski definition) is 4. The smallest absolute Gasteiger partial charge is 0.321 e. The summed E-state index contributed by atoms with van der Waals surface area (Å²) in [4.78, 5) is 51.5. The second-order valence-electron chi connectivity index (χ2n) is 11.4. The van der Waals surface area contributed by atoms with Gasteiger partial charge in [-0.2, -0.15) is 0 Å². The van der Waals surface area contributed by atoms with Gasteiger partial charge in [-0.3, -0.25) is 19.2 Å². The first kappa shape index (κ1) is 31.9. The van der Waals surface area contributed by atoms with Gasteiger partial charge in [-0.1, -0.05) is 99.3 Å². The van der Waals surface area contributed by atoms with Gasteiger partial charge >= 0.3 is 23.9 Å². The van der Waals surface area contributed by atoms with Crippen molar-refractivity contribution >= 4 is 23.9 Å². The summed E-state index contributed by atoms with van der Waals surface area (Å²) in [5.41, 5.74) is -4.57. The SMILES string of the molecule is CCCCCCC1CC(CCCCC)C(C(C(=O)O)(C(=O)O)C(C)C)C1C(C(=O)O)(C(=O)O)C(C)C. The summed E-state index contributed by atoms with van der Waals surface area (Å²) in [6, 6.07) is 0. The van der Waals surface area contributed by atoms with E-state index in [0.29, 0.717) is 19.3 Å². The fraction of sp³-hybridized carbons (Fsp3) is 0.857. The first-order chi connectivity index (χ1) is 16.8. The van der Waals surface area contributed by atoms with E-state index in [2.05, 4.69) is 6.92 Å². The van der Waals surface area contributed by atoms with Crippen molar-refractivity contribution in [3.8, 4) is 0 Å². The third-order valence-corrected chi connectivity index (χ3v) is 8.90. The Morgan fingerprint density at radius 2 is 0.917 bits per heavy atom. The third-order valence-electron chi connectivity index (χ3n) is 8.90. The van der Waals surface area contributed by atoms with Crippen molar-refractivity contribution in [3.63, 3.8) is 0 Å². The highest BCUT2D eigenvalue weighted by molar-refractivity contribution is 6.01. The van der Waals surface area contributed by atoms with E-state index in [9.17, 15) is 39.6 Å². The van der Waals surface area contributed by atoms with E-state index in [-0.39, 0.29) is 11.8 Å². The molecule has 0 aromatic rings. The van der Waals surface area contributed by atoms with Gasteiger partial charge < -0.3 is 20.4 Å². The Hall–Kier alpha value is -2.12. The molecule has 0 aromatic heterocycles. The highest BCUT2D eigenvalue weighted by atomic mass is 16.4. The minimum absolute atomic E-state index is 0.384. The molecule has 4 unspecified atom stereocenters. The van der Waals surface area contributed by atoms with E-state index < -0.39 is 58.4 Å². The average Bonchev–Trinajstić information content (AvgIpc) is 3.09. The highest BCUT2D eigenvalue weighted by Gasteiger charge is 2.70. The molecule has 0 spiro atoms. The van der Waals surface area contributed by atoms with Gasteiger partial charge in [0.05, 0.1) is 0 Å². The Kier molecular flexibility index (Phi) is 11.9. The van der Waals surface area contributed by atoms with Crippen molar-refractivity contribution in [3.05, 3.63) is 0 Å². The van der Waals surface area contributed by atoms with Gasteiger partial charge in [-0.05, 0) is 41.9 Å². The fourth-order valence-corrected chi connectivity index (χ4v) is 7.17. The van der Waals surface area contributed by atoms with Gasteiger partial charge in [0.2, 0.25) is 0 Å². The molecule has 0 amide bonds. The summed E-state index contributed by atoms with van der Waals surface area (Å²) in [6.45, 7) is 10.3. The van der Waals surface area contributed by atoms with Crippen LogP contribution in [0.4, 0.5) is 0 Å². The van der Waals surface area contributed by atoms with E-state index in [1.807, 2.05) is 6.92 Å². The normalized spacial score (nSPS) is 22.8. The lowest BCUT2D eigenvalue weighted by Crippen LogP contribution is -2.60. The molecule has 4 atom stereocenters. The monoisotopic (exact) mass is 512 g/mol. The van der Waals surface area contributed by atoms with Gasteiger partial charge in [0.15, 0.2) is 10.8 Å². The van der Waals surface area contributed by atoms with E-state index in [1.54, 1.807) is 0 Å². The molecule has 208 valence electrons. The number of rotatable bonds is 17. The van der Waals surface area contributed by atoms with Crippen LogP contribution in [0.15, 0.2) is 0 Å². The van der Waals surface area contributed by atoms with Crippen LogP contribution in [0.3, 0.4) is 0 Å². The summed E-state index contributed by atoms with van der Waals surface area (Å²) in [5.74, 6) is -10.8. The molecule has 1 rings (SSSR count). The average molecular weight is 513 g/mol. The zero-order valence-electron chi connectivity index (χ0n) is 23.0. The molecule has 1 saturated carbocycles. The summed E-state index contributed by atoms with van der Waals surface area (Å²) < 4.78 is 0.